The van der Waals surface area contributed by atoms with Gasteiger partial charge in [-0.3, -0.25) is 0 Å². The van der Waals surface area contributed by atoms with E-state index in [9.17, 15) is 14.7 Å². The Bertz CT molecular complexity index is 391. The van der Waals surface area contributed by atoms with Crippen LogP contribution in [0.4, 0.5) is 4.79 Å². The van der Waals surface area contributed by atoms with Crippen molar-refractivity contribution in [1.82, 2.24) is 9.80 Å². The summed E-state index contributed by atoms with van der Waals surface area (Å²) in [6.45, 7) is 2.24. The van der Waals surface area contributed by atoms with Crippen LogP contribution >= 0.6 is 0 Å². The fraction of sp³-hybridized carbons (Fsp3) is 0.875. The second-order valence-corrected chi connectivity index (χ2v) is 6.73. The number of rotatable bonds is 2. The Kier molecular flexibility index (Phi) is 5.12. The Morgan fingerprint density at radius 3 is 2.29 bits per heavy atom. The van der Waals surface area contributed by atoms with Gasteiger partial charge < -0.3 is 14.9 Å². The molecule has 2 fully saturated rings. The summed E-state index contributed by atoms with van der Waals surface area (Å²) in [5.41, 5.74) is -1.05. The first-order valence-corrected chi connectivity index (χ1v) is 8.24. The van der Waals surface area contributed by atoms with Crippen molar-refractivity contribution in [2.24, 2.45) is 0 Å². The molecule has 1 aliphatic carbocycles. The molecule has 1 N–H and O–H groups in total. The third kappa shape index (κ3) is 3.33. The van der Waals surface area contributed by atoms with Gasteiger partial charge >= 0.3 is 12.0 Å². The van der Waals surface area contributed by atoms with Gasteiger partial charge in [0, 0.05) is 19.6 Å². The number of carboxylic acid groups (broad SMARTS) is 1. The van der Waals surface area contributed by atoms with Gasteiger partial charge in [0.25, 0.3) is 0 Å². The van der Waals surface area contributed by atoms with Crippen molar-refractivity contribution < 1.29 is 14.7 Å². The molecule has 0 spiro atoms. The summed E-state index contributed by atoms with van der Waals surface area (Å²) in [6.07, 6.45) is 9.22. The highest BCUT2D eigenvalue weighted by Gasteiger charge is 2.45. The van der Waals surface area contributed by atoms with Gasteiger partial charge in [0.05, 0.1) is 0 Å². The molecule has 2 aliphatic rings. The molecule has 1 aliphatic heterocycles. The monoisotopic (exact) mass is 296 g/mol. The van der Waals surface area contributed by atoms with Gasteiger partial charge in [-0.25, -0.2) is 9.59 Å². The predicted octanol–water partition coefficient (Wildman–Crippen LogP) is 3.09. The van der Waals surface area contributed by atoms with E-state index < -0.39 is 11.5 Å². The molecule has 5 heteroatoms. The summed E-state index contributed by atoms with van der Waals surface area (Å²) in [4.78, 5) is 27.8. The van der Waals surface area contributed by atoms with Crippen LogP contribution in [0, 0.1) is 0 Å². The average Bonchev–Trinajstić information content (AvgIpc) is 2.75. The molecule has 0 aromatic rings. The Balaban J connectivity index is 2.10. The minimum absolute atomic E-state index is 0.105. The normalized spacial score (nSPS) is 28.0. The SMILES string of the molecule is CN(C(=O)N1CCCCC1(C)C(=O)O)C1CCCCCC1. The van der Waals surface area contributed by atoms with E-state index in [1.807, 2.05) is 7.05 Å². The fourth-order valence-electron chi connectivity index (χ4n) is 3.64. The number of urea groups is 1. The number of carboxylic acids is 1. The van der Waals surface area contributed by atoms with Gasteiger partial charge in [-0.15, -0.1) is 0 Å². The topological polar surface area (TPSA) is 60.9 Å². The second kappa shape index (κ2) is 6.67. The van der Waals surface area contributed by atoms with Crippen LogP contribution in [0.25, 0.3) is 0 Å². The van der Waals surface area contributed by atoms with E-state index in [1.54, 1.807) is 16.7 Å². The summed E-state index contributed by atoms with van der Waals surface area (Å²) in [5, 5.41) is 9.54. The largest absolute Gasteiger partial charge is 0.480 e. The first-order valence-electron chi connectivity index (χ1n) is 8.24. The highest BCUT2D eigenvalue weighted by molar-refractivity contribution is 5.86. The van der Waals surface area contributed by atoms with E-state index in [0.717, 1.165) is 25.7 Å². The van der Waals surface area contributed by atoms with Crippen molar-refractivity contribution in [1.29, 1.82) is 0 Å². The zero-order chi connectivity index (χ0) is 15.5. The summed E-state index contributed by atoms with van der Waals surface area (Å²) >= 11 is 0. The van der Waals surface area contributed by atoms with Crippen LogP contribution in [0.2, 0.25) is 0 Å². The van der Waals surface area contributed by atoms with Crippen molar-refractivity contribution in [2.75, 3.05) is 13.6 Å². The van der Waals surface area contributed by atoms with Crippen molar-refractivity contribution in [3.05, 3.63) is 0 Å². The molecule has 1 unspecified atom stereocenters. The maximum Gasteiger partial charge on any atom is 0.329 e. The number of carbonyl (C=O) groups is 2. The molecule has 1 saturated heterocycles. The smallest absolute Gasteiger partial charge is 0.329 e. The van der Waals surface area contributed by atoms with Crippen LogP contribution in [0.5, 0.6) is 0 Å². The van der Waals surface area contributed by atoms with E-state index in [1.165, 1.54) is 25.7 Å². The number of hydrogen-bond donors (Lipinski definition) is 1. The van der Waals surface area contributed by atoms with E-state index in [-0.39, 0.29) is 12.1 Å². The van der Waals surface area contributed by atoms with Gasteiger partial charge in [0.1, 0.15) is 5.54 Å². The number of piperidine rings is 1. The van der Waals surface area contributed by atoms with Crippen LogP contribution in [-0.4, -0.2) is 52.1 Å². The number of likely N-dealkylation sites (tertiary alicyclic amines) is 1. The predicted molar refractivity (Wildman–Crippen MR) is 81.2 cm³/mol. The van der Waals surface area contributed by atoms with Gasteiger partial charge in [-0.05, 0) is 39.0 Å². The van der Waals surface area contributed by atoms with Crippen molar-refractivity contribution in [3.63, 3.8) is 0 Å². The molecule has 1 saturated carbocycles. The molecule has 1 atom stereocenters. The highest BCUT2D eigenvalue weighted by Crippen LogP contribution is 2.30. The maximum absolute atomic E-state index is 12.8. The molecule has 5 nitrogen and oxygen atoms in total. The molecular formula is C16H28N2O3. The summed E-state index contributed by atoms with van der Waals surface area (Å²) in [5.74, 6) is -0.884. The van der Waals surface area contributed by atoms with E-state index >= 15 is 0 Å². The van der Waals surface area contributed by atoms with Crippen molar-refractivity contribution in [3.8, 4) is 0 Å². The summed E-state index contributed by atoms with van der Waals surface area (Å²) in [7, 11) is 1.84. The van der Waals surface area contributed by atoms with Crippen LogP contribution in [0.3, 0.4) is 0 Å². The summed E-state index contributed by atoms with van der Waals surface area (Å²) < 4.78 is 0. The first-order chi connectivity index (χ1) is 9.97. The lowest BCUT2D eigenvalue weighted by Gasteiger charge is -2.44. The Morgan fingerprint density at radius 1 is 1.10 bits per heavy atom. The standard InChI is InChI=1S/C16H28N2O3/c1-16(14(19)20)11-7-8-12-18(16)15(21)17(2)13-9-5-3-4-6-10-13/h13H,3-12H2,1-2H3,(H,19,20). The average molecular weight is 296 g/mol. The van der Waals surface area contributed by atoms with Crippen molar-refractivity contribution >= 4 is 12.0 Å². The van der Waals surface area contributed by atoms with E-state index in [4.69, 9.17) is 0 Å². The number of nitrogens with zero attached hydrogens (tertiary/aromatic N) is 2. The molecule has 120 valence electrons. The van der Waals surface area contributed by atoms with Gasteiger partial charge in [-0.1, -0.05) is 25.7 Å². The molecule has 0 bridgehead atoms. The highest BCUT2D eigenvalue weighted by atomic mass is 16.4. The van der Waals surface area contributed by atoms with Crippen LogP contribution in [-0.2, 0) is 4.79 Å². The molecule has 0 aromatic carbocycles. The summed E-state index contributed by atoms with van der Waals surface area (Å²) in [6, 6.07) is 0.159. The van der Waals surface area contributed by atoms with Gasteiger partial charge in [0.15, 0.2) is 0 Å². The Morgan fingerprint density at radius 2 is 1.71 bits per heavy atom. The molecule has 0 aromatic heterocycles. The third-order valence-corrected chi connectivity index (χ3v) is 5.26. The minimum atomic E-state index is -1.05. The fourth-order valence-corrected chi connectivity index (χ4v) is 3.64. The third-order valence-electron chi connectivity index (χ3n) is 5.26. The first kappa shape index (κ1) is 16.1. The Hall–Kier alpha value is -1.26. The maximum atomic E-state index is 12.8. The quantitative estimate of drug-likeness (QED) is 0.797. The number of aliphatic carboxylic acids is 1. The zero-order valence-corrected chi connectivity index (χ0v) is 13.3. The lowest BCUT2D eigenvalue weighted by atomic mass is 9.88. The molecule has 0 radical (unpaired) electrons. The molecule has 1 heterocycles. The van der Waals surface area contributed by atoms with E-state index in [0.29, 0.717) is 13.0 Å². The van der Waals surface area contributed by atoms with E-state index in [2.05, 4.69) is 0 Å². The van der Waals surface area contributed by atoms with Gasteiger partial charge in [-0.2, -0.15) is 0 Å². The molecular weight excluding hydrogens is 268 g/mol. The lowest BCUT2D eigenvalue weighted by Crippen LogP contribution is -2.61. The number of hydrogen-bond acceptors (Lipinski definition) is 2. The van der Waals surface area contributed by atoms with Crippen LogP contribution < -0.4 is 0 Å². The lowest BCUT2D eigenvalue weighted by molar-refractivity contribution is -0.150. The van der Waals surface area contributed by atoms with Crippen molar-refractivity contribution in [2.45, 2.75) is 76.3 Å². The zero-order valence-electron chi connectivity index (χ0n) is 13.3. The van der Waals surface area contributed by atoms with Crippen LogP contribution in [0.1, 0.15) is 64.7 Å². The second-order valence-electron chi connectivity index (χ2n) is 6.73. The van der Waals surface area contributed by atoms with Gasteiger partial charge in [0.2, 0.25) is 0 Å². The Labute approximate surface area is 127 Å². The number of amides is 2. The molecule has 2 amide bonds. The molecule has 21 heavy (non-hydrogen) atoms. The number of carbonyl (C=O) groups excluding carboxylic acids is 1. The minimum Gasteiger partial charge on any atom is -0.480 e. The van der Waals surface area contributed by atoms with Crippen LogP contribution in [0.15, 0.2) is 0 Å². The molecule has 2 rings (SSSR count).